The number of rotatable bonds is 8. The summed E-state index contributed by atoms with van der Waals surface area (Å²) in [6.45, 7) is 3.91. The second kappa shape index (κ2) is 9.99. The summed E-state index contributed by atoms with van der Waals surface area (Å²) in [4.78, 5) is 34.0. The summed E-state index contributed by atoms with van der Waals surface area (Å²) in [7, 11) is 0. The van der Waals surface area contributed by atoms with Crippen LogP contribution in [0.15, 0.2) is 30.4 Å². The maximum Gasteiger partial charge on any atom is 0.330 e. The van der Waals surface area contributed by atoms with Crippen LogP contribution < -0.4 is 0 Å². The van der Waals surface area contributed by atoms with Crippen molar-refractivity contribution in [1.29, 1.82) is 0 Å². The third-order valence-corrected chi connectivity index (χ3v) is 2.95. The average Bonchev–Trinajstić information content (AvgIpc) is 2.52. The van der Waals surface area contributed by atoms with Crippen LogP contribution >= 0.6 is 0 Å². The van der Waals surface area contributed by atoms with Crippen LogP contribution in [0.5, 0.6) is 0 Å². The summed E-state index contributed by atoms with van der Waals surface area (Å²) >= 11 is 0. The standard InChI is InChI=1S/C18H20O6/c1-3-23-17(21)10-8-13-6-5-7-14(15(13)12-16(19)20)9-11-18(22)24-4-2/h5-11H,3-4,12H2,1-2H3,(H,19,20)/b10-8+,11-9+. The highest BCUT2D eigenvalue weighted by atomic mass is 16.5. The second-order valence-electron chi connectivity index (χ2n) is 4.66. The van der Waals surface area contributed by atoms with Gasteiger partial charge in [-0.25, -0.2) is 9.59 Å². The van der Waals surface area contributed by atoms with E-state index in [-0.39, 0.29) is 19.6 Å². The molecule has 0 aliphatic carbocycles. The first-order valence-corrected chi connectivity index (χ1v) is 7.51. The minimum atomic E-state index is -1.02. The van der Waals surface area contributed by atoms with Crippen LogP contribution in [-0.4, -0.2) is 36.2 Å². The van der Waals surface area contributed by atoms with Gasteiger partial charge < -0.3 is 14.6 Å². The molecule has 0 fully saturated rings. The molecule has 0 saturated heterocycles. The molecule has 0 aliphatic heterocycles. The molecule has 1 aromatic rings. The Morgan fingerprint density at radius 2 is 1.42 bits per heavy atom. The molecule has 6 heteroatoms. The van der Waals surface area contributed by atoms with Gasteiger partial charge in [-0.1, -0.05) is 18.2 Å². The Kier molecular flexibility index (Phi) is 7.98. The summed E-state index contributed by atoms with van der Waals surface area (Å²) in [5.74, 6) is -2.03. The van der Waals surface area contributed by atoms with Crippen LogP contribution in [-0.2, 0) is 30.3 Å². The number of benzene rings is 1. The van der Waals surface area contributed by atoms with Gasteiger partial charge in [-0.2, -0.15) is 0 Å². The molecule has 0 aromatic heterocycles. The highest BCUT2D eigenvalue weighted by molar-refractivity contribution is 5.90. The van der Waals surface area contributed by atoms with Gasteiger partial charge in [-0.15, -0.1) is 0 Å². The molecule has 0 atom stereocenters. The van der Waals surface area contributed by atoms with Crippen LogP contribution in [0, 0.1) is 0 Å². The van der Waals surface area contributed by atoms with Crippen molar-refractivity contribution >= 4 is 30.1 Å². The van der Waals surface area contributed by atoms with Gasteiger partial charge in [0.15, 0.2) is 0 Å². The lowest BCUT2D eigenvalue weighted by atomic mass is 9.97. The molecule has 0 saturated carbocycles. The van der Waals surface area contributed by atoms with Crippen LogP contribution in [0.1, 0.15) is 30.5 Å². The number of aliphatic carboxylic acids is 1. The molecule has 6 nitrogen and oxygen atoms in total. The van der Waals surface area contributed by atoms with E-state index >= 15 is 0 Å². The highest BCUT2D eigenvalue weighted by Crippen LogP contribution is 2.19. The van der Waals surface area contributed by atoms with E-state index < -0.39 is 17.9 Å². The third kappa shape index (κ3) is 6.48. The molecule has 0 aliphatic rings. The lowest BCUT2D eigenvalue weighted by Crippen LogP contribution is -2.05. The maximum atomic E-state index is 11.4. The van der Waals surface area contributed by atoms with E-state index in [1.54, 1.807) is 32.0 Å². The van der Waals surface area contributed by atoms with Crippen LogP contribution in [0.25, 0.3) is 12.2 Å². The van der Waals surface area contributed by atoms with Crippen LogP contribution in [0.2, 0.25) is 0 Å². The van der Waals surface area contributed by atoms with Crippen molar-refractivity contribution < 1.29 is 29.0 Å². The van der Waals surface area contributed by atoms with E-state index in [1.807, 2.05) is 0 Å². The Hall–Kier alpha value is -2.89. The summed E-state index contributed by atoms with van der Waals surface area (Å²) < 4.78 is 9.61. The SMILES string of the molecule is CCOC(=O)/C=C/c1cccc(/C=C/C(=O)OCC)c1CC(=O)O. The number of ether oxygens (including phenoxy) is 2. The number of carbonyl (C=O) groups excluding carboxylic acids is 2. The van der Waals surface area contributed by atoms with Crippen LogP contribution in [0.4, 0.5) is 0 Å². The van der Waals surface area contributed by atoms with Gasteiger partial charge in [0.1, 0.15) is 0 Å². The molecule has 24 heavy (non-hydrogen) atoms. The van der Waals surface area contributed by atoms with E-state index in [2.05, 4.69) is 0 Å². The molecule has 128 valence electrons. The fraction of sp³-hybridized carbons (Fsp3) is 0.278. The van der Waals surface area contributed by atoms with Crippen molar-refractivity contribution in [3.05, 3.63) is 47.0 Å². The van der Waals surface area contributed by atoms with Gasteiger partial charge in [0.25, 0.3) is 0 Å². The molecule has 1 N–H and O–H groups in total. The lowest BCUT2D eigenvalue weighted by Gasteiger charge is -2.08. The summed E-state index contributed by atoms with van der Waals surface area (Å²) in [5.41, 5.74) is 1.62. The molecule has 1 aromatic carbocycles. The fourth-order valence-electron chi connectivity index (χ4n) is 1.99. The summed E-state index contributed by atoms with van der Waals surface area (Å²) in [6.07, 6.45) is 5.23. The predicted octanol–water partition coefficient (Wildman–Crippen LogP) is 2.47. The van der Waals surface area contributed by atoms with E-state index in [0.29, 0.717) is 16.7 Å². The Labute approximate surface area is 140 Å². The molecule has 0 unspecified atom stereocenters. The van der Waals surface area contributed by atoms with E-state index in [1.165, 1.54) is 24.3 Å². The first-order valence-electron chi connectivity index (χ1n) is 7.51. The smallest absolute Gasteiger partial charge is 0.330 e. The van der Waals surface area contributed by atoms with Crippen molar-refractivity contribution in [2.24, 2.45) is 0 Å². The number of carbonyl (C=O) groups is 3. The van der Waals surface area contributed by atoms with Gasteiger partial charge >= 0.3 is 17.9 Å². The minimum absolute atomic E-state index is 0.244. The largest absolute Gasteiger partial charge is 0.481 e. The zero-order valence-electron chi connectivity index (χ0n) is 13.7. The van der Waals surface area contributed by atoms with Crippen molar-refractivity contribution in [3.63, 3.8) is 0 Å². The van der Waals surface area contributed by atoms with Crippen molar-refractivity contribution in [2.45, 2.75) is 20.3 Å². The first-order chi connectivity index (χ1) is 11.5. The first kappa shape index (κ1) is 19.2. The Bertz CT molecular complexity index is 611. The Morgan fingerprint density at radius 3 is 1.79 bits per heavy atom. The molecule has 0 spiro atoms. The Morgan fingerprint density at radius 1 is 0.958 bits per heavy atom. The molecule has 0 bridgehead atoms. The van der Waals surface area contributed by atoms with Crippen molar-refractivity contribution in [3.8, 4) is 0 Å². The number of hydrogen-bond donors (Lipinski definition) is 1. The van der Waals surface area contributed by atoms with Gasteiger partial charge in [-0.3, -0.25) is 4.79 Å². The maximum absolute atomic E-state index is 11.4. The third-order valence-electron chi connectivity index (χ3n) is 2.95. The number of carboxylic acids is 1. The van der Waals surface area contributed by atoms with E-state index in [9.17, 15) is 14.4 Å². The normalized spacial score (nSPS) is 10.9. The minimum Gasteiger partial charge on any atom is -0.481 e. The Balaban J connectivity index is 3.15. The molecule has 1 rings (SSSR count). The van der Waals surface area contributed by atoms with E-state index in [0.717, 1.165) is 0 Å². The highest BCUT2D eigenvalue weighted by Gasteiger charge is 2.10. The number of hydrogen-bond acceptors (Lipinski definition) is 5. The zero-order valence-corrected chi connectivity index (χ0v) is 13.7. The van der Waals surface area contributed by atoms with E-state index in [4.69, 9.17) is 14.6 Å². The molecule has 0 amide bonds. The lowest BCUT2D eigenvalue weighted by molar-refractivity contribution is -0.138. The average molecular weight is 332 g/mol. The second-order valence-corrected chi connectivity index (χ2v) is 4.66. The monoisotopic (exact) mass is 332 g/mol. The number of carboxylic acid groups (broad SMARTS) is 1. The van der Waals surface area contributed by atoms with Crippen molar-refractivity contribution in [2.75, 3.05) is 13.2 Å². The van der Waals surface area contributed by atoms with Gasteiger partial charge in [-0.05, 0) is 42.7 Å². The molecule has 0 heterocycles. The van der Waals surface area contributed by atoms with Gasteiger partial charge in [0, 0.05) is 12.2 Å². The molecular weight excluding hydrogens is 312 g/mol. The van der Waals surface area contributed by atoms with Crippen LogP contribution in [0.3, 0.4) is 0 Å². The van der Waals surface area contributed by atoms with Gasteiger partial charge in [0.05, 0.1) is 19.6 Å². The fourth-order valence-corrected chi connectivity index (χ4v) is 1.99. The summed E-state index contributed by atoms with van der Waals surface area (Å²) in [6, 6.07) is 5.09. The molecular formula is C18H20O6. The summed E-state index contributed by atoms with van der Waals surface area (Å²) in [5, 5.41) is 9.11. The topological polar surface area (TPSA) is 89.9 Å². The quantitative estimate of drug-likeness (QED) is 0.581. The predicted molar refractivity (Wildman–Crippen MR) is 89.1 cm³/mol. The number of esters is 2. The van der Waals surface area contributed by atoms with Crippen molar-refractivity contribution in [1.82, 2.24) is 0 Å². The van der Waals surface area contributed by atoms with Gasteiger partial charge in [0.2, 0.25) is 0 Å². The zero-order chi connectivity index (χ0) is 17.9. The molecule has 0 radical (unpaired) electrons.